The molecule has 0 fully saturated rings. The molecule has 22 heavy (non-hydrogen) atoms. The Morgan fingerprint density at radius 3 is 2.36 bits per heavy atom. The van der Waals surface area contributed by atoms with Gasteiger partial charge >= 0.3 is 5.97 Å². The molecule has 6 heteroatoms. The summed E-state index contributed by atoms with van der Waals surface area (Å²) in [5, 5.41) is 11.2. The second-order valence-electron chi connectivity index (χ2n) is 4.92. The van der Waals surface area contributed by atoms with E-state index >= 15 is 0 Å². The minimum Gasteiger partial charge on any atom is -0.484 e. The van der Waals surface area contributed by atoms with E-state index in [2.05, 4.69) is 5.32 Å². The van der Waals surface area contributed by atoms with Crippen molar-refractivity contribution < 1.29 is 24.2 Å². The summed E-state index contributed by atoms with van der Waals surface area (Å²) in [5.74, 6) is -0.518. The topological polar surface area (TPSA) is 92.7 Å². The first-order chi connectivity index (χ1) is 10.5. The lowest BCUT2D eigenvalue weighted by Gasteiger charge is -2.07. The molecule has 0 saturated heterocycles. The van der Waals surface area contributed by atoms with Gasteiger partial charge in [-0.1, -0.05) is 6.42 Å². The highest BCUT2D eigenvalue weighted by atomic mass is 16.5. The summed E-state index contributed by atoms with van der Waals surface area (Å²) in [6, 6.07) is 6.60. The monoisotopic (exact) mass is 307 g/mol. The van der Waals surface area contributed by atoms with Gasteiger partial charge in [0.05, 0.1) is 0 Å². The smallest absolute Gasteiger partial charge is 0.303 e. The quantitative estimate of drug-likeness (QED) is 0.509. The highest BCUT2D eigenvalue weighted by Gasteiger charge is 2.04. The van der Waals surface area contributed by atoms with Crippen molar-refractivity contribution in [1.82, 2.24) is 5.32 Å². The molecule has 1 rings (SSSR count). The van der Waals surface area contributed by atoms with E-state index in [1.807, 2.05) is 0 Å². The predicted molar refractivity (Wildman–Crippen MR) is 81.1 cm³/mol. The molecule has 0 heterocycles. The van der Waals surface area contributed by atoms with Crippen LogP contribution < -0.4 is 10.1 Å². The third kappa shape index (κ3) is 7.42. The van der Waals surface area contributed by atoms with Crippen LogP contribution in [-0.4, -0.2) is 35.9 Å². The number of hydrogen-bond donors (Lipinski definition) is 2. The van der Waals surface area contributed by atoms with E-state index in [4.69, 9.17) is 9.84 Å². The van der Waals surface area contributed by atoms with Crippen molar-refractivity contribution in [2.24, 2.45) is 0 Å². The first-order valence-corrected chi connectivity index (χ1v) is 7.21. The van der Waals surface area contributed by atoms with Gasteiger partial charge in [0.2, 0.25) is 0 Å². The third-order valence-electron chi connectivity index (χ3n) is 3.02. The highest BCUT2D eigenvalue weighted by molar-refractivity contribution is 5.94. The van der Waals surface area contributed by atoms with Crippen LogP contribution in [0.25, 0.3) is 0 Å². The third-order valence-corrected chi connectivity index (χ3v) is 3.02. The molecule has 0 aliphatic rings. The molecule has 0 unspecified atom stereocenters. The molecule has 0 radical (unpaired) electrons. The Balaban J connectivity index is 2.15. The molecule has 6 nitrogen and oxygen atoms in total. The van der Waals surface area contributed by atoms with E-state index in [9.17, 15) is 14.4 Å². The number of carboxylic acids is 1. The van der Waals surface area contributed by atoms with Crippen LogP contribution in [0.4, 0.5) is 0 Å². The number of Topliss-reactive ketones (excluding diaryl/α,β-unsaturated/α-hetero) is 1. The van der Waals surface area contributed by atoms with Crippen LogP contribution in [0.1, 0.15) is 43.0 Å². The maximum absolute atomic E-state index is 11.5. The molecule has 1 aromatic carbocycles. The van der Waals surface area contributed by atoms with Gasteiger partial charge < -0.3 is 15.2 Å². The Labute approximate surface area is 129 Å². The second-order valence-corrected chi connectivity index (χ2v) is 4.92. The van der Waals surface area contributed by atoms with Crippen molar-refractivity contribution in [2.75, 3.05) is 13.2 Å². The van der Waals surface area contributed by atoms with Gasteiger partial charge in [0.15, 0.2) is 12.4 Å². The lowest BCUT2D eigenvalue weighted by atomic mass is 10.1. The number of unbranched alkanes of at least 4 members (excludes halogenated alkanes) is 2. The van der Waals surface area contributed by atoms with E-state index in [-0.39, 0.29) is 24.7 Å². The molecule has 0 saturated carbocycles. The van der Waals surface area contributed by atoms with E-state index in [0.717, 1.165) is 12.8 Å². The number of ketones is 1. The molecule has 1 aromatic rings. The van der Waals surface area contributed by atoms with Crippen LogP contribution in [0.5, 0.6) is 5.75 Å². The summed E-state index contributed by atoms with van der Waals surface area (Å²) in [6.07, 6.45) is 2.28. The van der Waals surface area contributed by atoms with Crippen LogP contribution in [0.2, 0.25) is 0 Å². The molecule has 0 bridgehead atoms. The van der Waals surface area contributed by atoms with Gasteiger partial charge in [0.25, 0.3) is 5.91 Å². The van der Waals surface area contributed by atoms with E-state index in [1.54, 1.807) is 24.3 Å². The number of benzene rings is 1. The standard InChI is InChI=1S/C16H21NO5/c1-12(18)13-6-8-14(9-7-13)22-11-15(19)17-10-4-2-3-5-16(20)21/h6-9H,2-5,10-11H2,1H3,(H,17,19)(H,20,21). The van der Waals surface area contributed by atoms with Gasteiger partial charge in [0.1, 0.15) is 5.75 Å². The van der Waals surface area contributed by atoms with Crippen LogP contribution in [0.3, 0.4) is 0 Å². The Bertz CT molecular complexity index is 510. The largest absolute Gasteiger partial charge is 0.484 e. The van der Waals surface area contributed by atoms with Crippen LogP contribution >= 0.6 is 0 Å². The maximum Gasteiger partial charge on any atom is 0.303 e. The average Bonchev–Trinajstić information content (AvgIpc) is 2.48. The number of hydrogen-bond acceptors (Lipinski definition) is 4. The summed E-state index contributed by atoms with van der Waals surface area (Å²) in [4.78, 5) is 33.0. The van der Waals surface area contributed by atoms with Crippen LogP contribution in [-0.2, 0) is 9.59 Å². The molecule has 1 amide bonds. The van der Waals surface area contributed by atoms with Gasteiger partial charge in [-0.3, -0.25) is 14.4 Å². The molecular formula is C16H21NO5. The lowest BCUT2D eigenvalue weighted by molar-refractivity contribution is -0.137. The molecule has 0 aliphatic carbocycles. The number of carboxylic acid groups (broad SMARTS) is 1. The summed E-state index contributed by atoms with van der Waals surface area (Å²) in [5.41, 5.74) is 0.596. The zero-order valence-corrected chi connectivity index (χ0v) is 12.6. The van der Waals surface area contributed by atoms with Gasteiger partial charge in [0, 0.05) is 18.5 Å². The minimum absolute atomic E-state index is 0.0211. The fraction of sp³-hybridized carbons (Fsp3) is 0.438. The minimum atomic E-state index is -0.798. The van der Waals surface area contributed by atoms with Gasteiger partial charge in [-0.2, -0.15) is 0 Å². The normalized spacial score (nSPS) is 10.0. The van der Waals surface area contributed by atoms with Crippen LogP contribution in [0.15, 0.2) is 24.3 Å². The second kappa shape index (κ2) is 9.55. The van der Waals surface area contributed by atoms with E-state index in [0.29, 0.717) is 24.3 Å². The zero-order valence-electron chi connectivity index (χ0n) is 12.6. The van der Waals surface area contributed by atoms with Crippen molar-refractivity contribution in [1.29, 1.82) is 0 Å². The predicted octanol–water partition coefficient (Wildman–Crippen LogP) is 2.03. The first kappa shape index (κ1) is 17.7. The van der Waals surface area contributed by atoms with Crippen molar-refractivity contribution in [2.45, 2.75) is 32.6 Å². The number of carbonyl (C=O) groups is 3. The summed E-state index contributed by atoms with van der Waals surface area (Å²) < 4.78 is 5.31. The molecule has 0 spiro atoms. The number of aliphatic carboxylic acids is 1. The summed E-state index contributed by atoms with van der Waals surface area (Å²) in [7, 11) is 0. The van der Waals surface area contributed by atoms with Crippen molar-refractivity contribution >= 4 is 17.7 Å². The van der Waals surface area contributed by atoms with E-state index in [1.165, 1.54) is 6.92 Å². The van der Waals surface area contributed by atoms with Gasteiger partial charge in [-0.15, -0.1) is 0 Å². The molecular weight excluding hydrogens is 286 g/mol. The summed E-state index contributed by atoms with van der Waals surface area (Å²) >= 11 is 0. The maximum atomic E-state index is 11.5. The molecule has 0 aliphatic heterocycles. The van der Waals surface area contributed by atoms with Gasteiger partial charge in [-0.25, -0.2) is 0 Å². The van der Waals surface area contributed by atoms with Crippen molar-refractivity contribution in [3.63, 3.8) is 0 Å². The van der Waals surface area contributed by atoms with Gasteiger partial charge in [-0.05, 0) is 44.0 Å². The average molecular weight is 307 g/mol. The zero-order chi connectivity index (χ0) is 16.4. The number of carbonyl (C=O) groups excluding carboxylic acids is 2. The van der Waals surface area contributed by atoms with Crippen molar-refractivity contribution in [3.8, 4) is 5.75 Å². The lowest BCUT2D eigenvalue weighted by Crippen LogP contribution is -2.29. The fourth-order valence-electron chi connectivity index (χ4n) is 1.79. The SMILES string of the molecule is CC(=O)c1ccc(OCC(=O)NCCCCCC(=O)O)cc1. The molecule has 2 N–H and O–H groups in total. The molecule has 0 atom stereocenters. The van der Waals surface area contributed by atoms with Crippen LogP contribution in [0, 0.1) is 0 Å². The fourth-order valence-corrected chi connectivity index (χ4v) is 1.79. The van der Waals surface area contributed by atoms with Crippen molar-refractivity contribution in [3.05, 3.63) is 29.8 Å². The van der Waals surface area contributed by atoms with E-state index < -0.39 is 5.97 Å². The molecule has 120 valence electrons. The molecule has 0 aromatic heterocycles. The number of nitrogens with one attached hydrogen (secondary N) is 1. The highest BCUT2D eigenvalue weighted by Crippen LogP contribution is 2.12. The summed E-state index contributed by atoms with van der Waals surface area (Å²) in [6.45, 7) is 1.90. The first-order valence-electron chi connectivity index (χ1n) is 7.21. The number of amides is 1. The number of rotatable bonds is 10. The Morgan fingerprint density at radius 1 is 1.09 bits per heavy atom. The Kier molecular flexibility index (Phi) is 7.67. The number of ether oxygens (including phenoxy) is 1. The Hall–Kier alpha value is -2.37. The Morgan fingerprint density at radius 2 is 1.77 bits per heavy atom.